The second-order valence-corrected chi connectivity index (χ2v) is 4.66. The molecule has 2 amide bonds. The zero-order chi connectivity index (χ0) is 13.5. The van der Waals surface area contributed by atoms with Crippen LogP contribution in [0, 0.1) is 0 Å². The Labute approximate surface area is 113 Å². The van der Waals surface area contributed by atoms with E-state index in [-0.39, 0.29) is 18.2 Å². The minimum Gasteiger partial charge on any atom is -0.375 e. The van der Waals surface area contributed by atoms with Crippen molar-refractivity contribution in [3.8, 4) is 0 Å². The number of rotatable bonds is 5. The summed E-state index contributed by atoms with van der Waals surface area (Å²) < 4.78 is 5.35. The van der Waals surface area contributed by atoms with E-state index in [4.69, 9.17) is 16.3 Å². The van der Waals surface area contributed by atoms with E-state index in [1.807, 2.05) is 32.0 Å². The van der Waals surface area contributed by atoms with E-state index < -0.39 is 0 Å². The molecule has 5 heteroatoms. The van der Waals surface area contributed by atoms with Crippen molar-refractivity contribution in [3.63, 3.8) is 0 Å². The molecule has 0 aliphatic heterocycles. The van der Waals surface area contributed by atoms with Gasteiger partial charge >= 0.3 is 6.03 Å². The lowest BCUT2D eigenvalue weighted by Crippen LogP contribution is -2.41. The molecule has 0 fully saturated rings. The molecule has 0 radical (unpaired) electrons. The highest BCUT2D eigenvalue weighted by molar-refractivity contribution is 6.31. The van der Waals surface area contributed by atoms with Crippen molar-refractivity contribution in [2.24, 2.45) is 0 Å². The average molecular weight is 271 g/mol. The molecule has 1 aromatic carbocycles. The number of halogens is 1. The molecule has 0 saturated heterocycles. The third-order valence-corrected chi connectivity index (χ3v) is 2.75. The number of carbonyl (C=O) groups excluding carboxylic acids is 1. The van der Waals surface area contributed by atoms with E-state index >= 15 is 0 Å². The highest BCUT2D eigenvalue weighted by atomic mass is 35.5. The van der Waals surface area contributed by atoms with Crippen molar-refractivity contribution < 1.29 is 9.53 Å². The number of methoxy groups -OCH3 is 1. The molecule has 1 aromatic rings. The number of benzene rings is 1. The van der Waals surface area contributed by atoms with Gasteiger partial charge in [-0.05, 0) is 19.9 Å². The van der Waals surface area contributed by atoms with Gasteiger partial charge in [-0.15, -0.1) is 0 Å². The van der Waals surface area contributed by atoms with E-state index in [1.54, 1.807) is 13.2 Å². The minimum atomic E-state index is -0.253. The minimum absolute atomic E-state index is 0.103. The lowest BCUT2D eigenvalue weighted by atomic mass is 10.1. The van der Waals surface area contributed by atoms with Gasteiger partial charge < -0.3 is 15.4 Å². The Balaban J connectivity index is 2.58. The number of amides is 2. The molecule has 1 atom stereocenters. The maximum Gasteiger partial charge on any atom is 0.315 e. The fourth-order valence-corrected chi connectivity index (χ4v) is 1.81. The Kier molecular flexibility index (Phi) is 5.95. The second kappa shape index (κ2) is 7.24. The molecule has 0 spiro atoms. The zero-order valence-electron chi connectivity index (χ0n) is 10.9. The molecule has 1 rings (SSSR count). The molecule has 0 saturated carbocycles. The molecule has 0 aromatic heterocycles. The maximum absolute atomic E-state index is 11.5. The summed E-state index contributed by atoms with van der Waals surface area (Å²) in [6, 6.07) is 7.33. The average Bonchev–Trinajstić information content (AvgIpc) is 2.31. The van der Waals surface area contributed by atoms with E-state index in [0.29, 0.717) is 11.6 Å². The fraction of sp³-hybridized carbons (Fsp3) is 0.462. The predicted molar refractivity (Wildman–Crippen MR) is 72.9 cm³/mol. The molecule has 0 unspecified atom stereocenters. The fourth-order valence-electron chi connectivity index (χ4n) is 1.56. The summed E-state index contributed by atoms with van der Waals surface area (Å²) in [7, 11) is 1.59. The second-order valence-electron chi connectivity index (χ2n) is 4.25. The maximum atomic E-state index is 11.5. The van der Waals surface area contributed by atoms with Gasteiger partial charge in [0.25, 0.3) is 0 Å². The van der Waals surface area contributed by atoms with Gasteiger partial charge in [0.05, 0.1) is 0 Å². The van der Waals surface area contributed by atoms with Crippen LogP contribution >= 0.6 is 11.6 Å². The van der Waals surface area contributed by atoms with Gasteiger partial charge in [-0.25, -0.2) is 4.79 Å². The first-order valence-corrected chi connectivity index (χ1v) is 6.24. The van der Waals surface area contributed by atoms with E-state index in [1.165, 1.54) is 0 Å². The van der Waals surface area contributed by atoms with Gasteiger partial charge in [0.15, 0.2) is 0 Å². The Hall–Kier alpha value is -1.26. The van der Waals surface area contributed by atoms with Crippen molar-refractivity contribution in [3.05, 3.63) is 34.9 Å². The summed E-state index contributed by atoms with van der Waals surface area (Å²) >= 11 is 6.09. The zero-order valence-corrected chi connectivity index (χ0v) is 11.6. The van der Waals surface area contributed by atoms with Crippen LogP contribution in [0.1, 0.15) is 25.5 Å². The van der Waals surface area contributed by atoms with Gasteiger partial charge in [0, 0.05) is 30.3 Å². The Bertz CT molecular complexity index is 396. The largest absolute Gasteiger partial charge is 0.375 e. The van der Waals surface area contributed by atoms with Crippen molar-refractivity contribution in [2.75, 3.05) is 13.7 Å². The van der Waals surface area contributed by atoms with Gasteiger partial charge in [-0.2, -0.15) is 0 Å². The van der Waals surface area contributed by atoms with Crippen LogP contribution in [0.5, 0.6) is 0 Å². The third-order valence-electron chi connectivity index (χ3n) is 2.40. The van der Waals surface area contributed by atoms with Crippen LogP contribution < -0.4 is 10.6 Å². The van der Waals surface area contributed by atoms with Crippen LogP contribution in [0.25, 0.3) is 0 Å². The van der Waals surface area contributed by atoms with E-state index in [0.717, 1.165) is 5.56 Å². The van der Waals surface area contributed by atoms with Crippen LogP contribution in [-0.2, 0) is 4.74 Å². The Morgan fingerprint density at radius 1 is 1.39 bits per heavy atom. The predicted octanol–water partition coefficient (Wildman–Crippen LogP) is 2.74. The van der Waals surface area contributed by atoms with Gasteiger partial charge in [-0.1, -0.05) is 29.8 Å². The topological polar surface area (TPSA) is 50.4 Å². The smallest absolute Gasteiger partial charge is 0.315 e. The Morgan fingerprint density at radius 3 is 2.61 bits per heavy atom. The van der Waals surface area contributed by atoms with Crippen LogP contribution in [0.4, 0.5) is 4.79 Å². The van der Waals surface area contributed by atoms with Crippen LogP contribution in [0.15, 0.2) is 24.3 Å². The van der Waals surface area contributed by atoms with Crippen LogP contribution in [0.2, 0.25) is 5.02 Å². The first kappa shape index (κ1) is 14.8. The lowest BCUT2D eigenvalue weighted by molar-refractivity contribution is 0.104. The molecular formula is C13H19ClN2O2. The summed E-state index contributed by atoms with van der Waals surface area (Å²) in [6.07, 6.45) is -0.253. The quantitative estimate of drug-likeness (QED) is 0.864. The van der Waals surface area contributed by atoms with Crippen LogP contribution in [-0.4, -0.2) is 25.7 Å². The number of ether oxygens (including phenoxy) is 1. The van der Waals surface area contributed by atoms with Crippen molar-refractivity contribution in [1.29, 1.82) is 0 Å². The van der Waals surface area contributed by atoms with E-state index in [2.05, 4.69) is 10.6 Å². The number of hydrogen-bond acceptors (Lipinski definition) is 2. The molecule has 4 nitrogen and oxygen atoms in total. The number of urea groups is 1. The van der Waals surface area contributed by atoms with Crippen molar-refractivity contribution >= 4 is 17.6 Å². The van der Waals surface area contributed by atoms with Crippen LogP contribution in [0.3, 0.4) is 0 Å². The first-order chi connectivity index (χ1) is 8.54. The summed E-state index contributed by atoms with van der Waals surface area (Å²) in [5, 5.41) is 6.14. The van der Waals surface area contributed by atoms with Crippen molar-refractivity contribution in [1.82, 2.24) is 10.6 Å². The van der Waals surface area contributed by atoms with Gasteiger partial charge in [0.2, 0.25) is 0 Å². The Morgan fingerprint density at radius 2 is 2.06 bits per heavy atom. The normalized spacial score (nSPS) is 12.3. The molecule has 0 aliphatic carbocycles. The standard InChI is InChI=1S/C13H19ClN2O2/c1-9(2)16-13(17)15-8-12(18-3)10-6-4-5-7-11(10)14/h4-7,9,12H,8H2,1-3H3,(H2,15,16,17)/t12-/m1/s1. The molecule has 100 valence electrons. The molecule has 0 aliphatic rings. The van der Waals surface area contributed by atoms with Crippen molar-refractivity contribution in [2.45, 2.75) is 26.0 Å². The number of hydrogen-bond donors (Lipinski definition) is 2. The first-order valence-electron chi connectivity index (χ1n) is 5.86. The van der Waals surface area contributed by atoms with E-state index in [9.17, 15) is 4.79 Å². The summed E-state index contributed by atoms with van der Waals surface area (Å²) in [5.74, 6) is 0. The molecular weight excluding hydrogens is 252 g/mol. The summed E-state index contributed by atoms with van der Waals surface area (Å²) in [4.78, 5) is 11.5. The highest BCUT2D eigenvalue weighted by Crippen LogP contribution is 2.24. The molecule has 0 heterocycles. The lowest BCUT2D eigenvalue weighted by Gasteiger charge is -2.18. The van der Waals surface area contributed by atoms with Gasteiger partial charge in [0.1, 0.15) is 6.10 Å². The highest BCUT2D eigenvalue weighted by Gasteiger charge is 2.14. The molecule has 2 N–H and O–H groups in total. The summed E-state index contributed by atoms with van der Waals surface area (Å²) in [5.41, 5.74) is 0.867. The van der Waals surface area contributed by atoms with Gasteiger partial charge in [-0.3, -0.25) is 0 Å². The molecule has 18 heavy (non-hydrogen) atoms. The monoisotopic (exact) mass is 270 g/mol. The third kappa shape index (κ3) is 4.55. The number of nitrogens with one attached hydrogen (secondary N) is 2. The summed E-state index contributed by atoms with van der Waals surface area (Å²) in [6.45, 7) is 4.18. The number of carbonyl (C=O) groups is 1. The SMILES string of the molecule is CO[C@H](CNC(=O)NC(C)C)c1ccccc1Cl. The molecule has 0 bridgehead atoms.